The second-order valence-electron chi connectivity index (χ2n) is 6.95. The Labute approximate surface area is 148 Å². The summed E-state index contributed by atoms with van der Waals surface area (Å²) in [5.41, 5.74) is 2.74. The van der Waals surface area contributed by atoms with Crippen LogP contribution in [0.2, 0.25) is 0 Å². The van der Waals surface area contributed by atoms with Crippen LogP contribution in [-0.4, -0.2) is 11.8 Å². The summed E-state index contributed by atoms with van der Waals surface area (Å²) in [5.74, 6) is 4.77. The summed E-state index contributed by atoms with van der Waals surface area (Å²) >= 11 is 0. The number of rotatable bonds is 4. The van der Waals surface area contributed by atoms with Crippen LogP contribution in [0.25, 0.3) is 0 Å². The van der Waals surface area contributed by atoms with Crippen LogP contribution in [0.5, 0.6) is 11.5 Å². The third-order valence-corrected chi connectivity index (χ3v) is 5.14. The van der Waals surface area contributed by atoms with E-state index in [0.717, 1.165) is 35.4 Å². The molecule has 2 unspecified atom stereocenters. The van der Waals surface area contributed by atoms with Crippen molar-refractivity contribution >= 4 is 11.5 Å². The highest BCUT2D eigenvalue weighted by Crippen LogP contribution is 2.42. The Morgan fingerprint density at radius 2 is 1.96 bits per heavy atom. The number of benzene rings is 2. The van der Waals surface area contributed by atoms with E-state index in [-0.39, 0.29) is 17.9 Å². The first-order valence-electron chi connectivity index (χ1n) is 8.83. The lowest BCUT2D eigenvalue weighted by molar-refractivity contribution is -0.124. The quantitative estimate of drug-likeness (QED) is 0.843. The number of nitrogens with one attached hydrogen (secondary N) is 1. The van der Waals surface area contributed by atoms with E-state index >= 15 is 0 Å². The Morgan fingerprint density at radius 1 is 1.20 bits per heavy atom. The Bertz CT molecular complexity index is 846. The summed E-state index contributed by atoms with van der Waals surface area (Å²) in [6, 6.07) is 13.7. The van der Waals surface area contributed by atoms with Gasteiger partial charge in [0.1, 0.15) is 17.3 Å². The van der Waals surface area contributed by atoms with Gasteiger partial charge in [0.2, 0.25) is 0 Å². The van der Waals surface area contributed by atoms with Crippen LogP contribution >= 0.6 is 0 Å². The molecule has 25 heavy (non-hydrogen) atoms. The van der Waals surface area contributed by atoms with Crippen LogP contribution in [0.3, 0.4) is 0 Å². The molecule has 0 spiro atoms. The van der Waals surface area contributed by atoms with Crippen molar-refractivity contribution in [2.24, 2.45) is 11.8 Å². The van der Waals surface area contributed by atoms with Gasteiger partial charge in [-0.1, -0.05) is 24.1 Å². The third-order valence-electron chi connectivity index (χ3n) is 5.14. The number of anilines is 1. The van der Waals surface area contributed by atoms with Gasteiger partial charge in [-0.3, -0.25) is 4.79 Å². The molecule has 1 fully saturated rings. The minimum absolute atomic E-state index is 0.0221. The summed E-state index contributed by atoms with van der Waals surface area (Å²) in [6.07, 6.45) is 8.45. The van der Waals surface area contributed by atoms with Gasteiger partial charge in [-0.2, -0.15) is 0 Å². The molecule has 3 nitrogen and oxygen atoms in total. The average molecular weight is 331 g/mol. The van der Waals surface area contributed by atoms with Crippen molar-refractivity contribution in [1.29, 1.82) is 0 Å². The first kappa shape index (κ1) is 15.8. The third kappa shape index (κ3) is 3.00. The van der Waals surface area contributed by atoms with E-state index in [2.05, 4.69) is 18.2 Å². The second kappa shape index (κ2) is 6.29. The van der Waals surface area contributed by atoms with Crippen LogP contribution < -0.4 is 10.1 Å². The fraction of sp³-hybridized carbons (Fsp3) is 0.318. The number of Topliss-reactive ketones (excluding diaryl/α,β-unsaturated/α-hetero) is 1. The zero-order valence-electron chi connectivity index (χ0n) is 14.3. The molecule has 126 valence electrons. The van der Waals surface area contributed by atoms with E-state index in [1.165, 1.54) is 0 Å². The number of terminal acetylenes is 1. The number of para-hydroxylation sites is 1. The highest BCUT2D eigenvalue weighted by Gasteiger charge is 2.40. The Morgan fingerprint density at radius 3 is 2.64 bits per heavy atom. The molecule has 1 N–H and O–H groups in total. The maximum atomic E-state index is 12.7. The van der Waals surface area contributed by atoms with Gasteiger partial charge in [0.25, 0.3) is 0 Å². The molecule has 0 aromatic heterocycles. The topological polar surface area (TPSA) is 38.3 Å². The molecule has 1 aliphatic heterocycles. The smallest absolute Gasteiger partial charge is 0.148 e. The maximum Gasteiger partial charge on any atom is 0.148 e. The molecule has 0 radical (unpaired) electrons. The molecule has 3 heteroatoms. The fourth-order valence-corrected chi connectivity index (χ4v) is 3.56. The van der Waals surface area contributed by atoms with Crippen molar-refractivity contribution < 1.29 is 9.53 Å². The first-order valence-corrected chi connectivity index (χ1v) is 8.83. The number of hydrogen-bond acceptors (Lipinski definition) is 3. The van der Waals surface area contributed by atoms with Crippen molar-refractivity contribution in [3.05, 3.63) is 53.6 Å². The minimum atomic E-state index is -0.0221. The van der Waals surface area contributed by atoms with Crippen LogP contribution in [0.15, 0.2) is 42.5 Å². The Hall–Kier alpha value is -2.73. The molecule has 2 aromatic rings. The number of fused-ring (bicyclic) bond motifs is 1. The van der Waals surface area contributed by atoms with E-state index in [0.29, 0.717) is 18.0 Å². The van der Waals surface area contributed by atoms with Gasteiger partial charge in [-0.15, -0.1) is 6.42 Å². The first-order chi connectivity index (χ1) is 12.2. The van der Waals surface area contributed by atoms with Gasteiger partial charge in [0.05, 0.1) is 5.56 Å². The van der Waals surface area contributed by atoms with Crippen molar-refractivity contribution in [1.82, 2.24) is 0 Å². The van der Waals surface area contributed by atoms with E-state index in [9.17, 15) is 4.79 Å². The predicted molar refractivity (Wildman–Crippen MR) is 98.9 cm³/mol. The van der Waals surface area contributed by atoms with Gasteiger partial charge >= 0.3 is 0 Å². The monoisotopic (exact) mass is 331 g/mol. The molecule has 4 rings (SSSR count). The maximum absolute atomic E-state index is 12.7. The predicted octanol–water partition coefficient (Wildman–Crippen LogP) is 4.41. The Kier molecular flexibility index (Phi) is 3.97. The van der Waals surface area contributed by atoms with E-state index < -0.39 is 0 Å². The van der Waals surface area contributed by atoms with Gasteiger partial charge in [-0.05, 0) is 50.5 Å². The van der Waals surface area contributed by atoms with Gasteiger partial charge < -0.3 is 10.1 Å². The molecule has 0 bridgehead atoms. The summed E-state index contributed by atoms with van der Waals surface area (Å²) in [6.45, 7) is 2.08. The molecule has 1 saturated carbocycles. The molecule has 1 aliphatic carbocycles. The number of carbonyl (C=O) groups excluding carboxylic acids is 1. The standard InChI is InChI=1S/C22H21NO2/c1-3-15-11-12-20-19(22(15)25-17-7-5-4-6-8-17)13-18(14(2)23-20)21(24)16-9-10-16/h1,4-8,11-12,14,16,18,23H,9-10,13H2,2H3. The minimum Gasteiger partial charge on any atom is -0.456 e. The lowest BCUT2D eigenvalue weighted by atomic mass is 9.82. The van der Waals surface area contributed by atoms with Gasteiger partial charge in [-0.25, -0.2) is 0 Å². The van der Waals surface area contributed by atoms with Crippen molar-refractivity contribution in [3.63, 3.8) is 0 Å². The van der Waals surface area contributed by atoms with Gasteiger partial charge in [0, 0.05) is 29.1 Å². The molecule has 0 saturated heterocycles. The summed E-state index contributed by atoms with van der Waals surface area (Å²) in [7, 11) is 0. The molecule has 2 aromatic carbocycles. The molecule has 0 amide bonds. The number of carbonyl (C=O) groups is 1. The van der Waals surface area contributed by atoms with E-state index in [1.807, 2.05) is 42.5 Å². The fourth-order valence-electron chi connectivity index (χ4n) is 3.56. The summed E-state index contributed by atoms with van der Waals surface area (Å²) < 4.78 is 6.14. The molecule has 2 atom stereocenters. The van der Waals surface area contributed by atoms with Crippen LogP contribution in [0, 0.1) is 24.2 Å². The molecular weight excluding hydrogens is 310 g/mol. The van der Waals surface area contributed by atoms with Crippen molar-refractivity contribution in [3.8, 4) is 23.8 Å². The van der Waals surface area contributed by atoms with E-state index in [4.69, 9.17) is 11.2 Å². The second-order valence-corrected chi connectivity index (χ2v) is 6.95. The molecular formula is C22H21NO2. The van der Waals surface area contributed by atoms with E-state index in [1.54, 1.807) is 0 Å². The zero-order chi connectivity index (χ0) is 17.4. The SMILES string of the molecule is C#Cc1ccc2c(c1Oc1ccccc1)CC(C(=O)C1CC1)C(C)N2. The lowest BCUT2D eigenvalue weighted by Crippen LogP contribution is -2.38. The normalized spacial score (nSPS) is 21.6. The lowest BCUT2D eigenvalue weighted by Gasteiger charge is -2.33. The van der Waals surface area contributed by atoms with Crippen LogP contribution in [0.4, 0.5) is 5.69 Å². The average Bonchev–Trinajstić information content (AvgIpc) is 3.47. The van der Waals surface area contributed by atoms with Crippen molar-refractivity contribution in [2.75, 3.05) is 5.32 Å². The van der Waals surface area contributed by atoms with Crippen LogP contribution in [-0.2, 0) is 11.2 Å². The number of ether oxygens (including phenoxy) is 1. The van der Waals surface area contributed by atoms with Crippen LogP contribution in [0.1, 0.15) is 30.9 Å². The highest BCUT2D eigenvalue weighted by molar-refractivity contribution is 5.88. The largest absolute Gasteiger partial charge is 0.456 e. The number of hydrogen-bond donors (Lipinski definition) is 1. The number of ketones is 1. The summed E-state index contributed by atoms with van der Waals surface area (Å²) in [4.78, 5) is 12.7. The molecule has 1 heterocycles. The highest BCUT2D eigenvalue weighted by atomic mass is 16.5. The Balaban J connectivity index is 1.73. The van der Waals surface area contributed by atoms with Gasteiger partial charge in [0.15, 0.2) is 0 Å². The van der Waals surface area contributed by atoms with Crippen molar-refractivity contribution in [2.45, 2.75) is 32.2 Å². The zero-order valence-corrected chi connectivity index (χ0v) is 14.3. The summed E-state index contributed by atoms with van der Waals surface area (Å²) in [5, 5.41) is 3.48. The molecule has 2 aliphatic rings.